The van der Waals surface area contributed by atoms with Gasteiger partial charge in [-0.05, 0) is 31.2 Å². The number of pyridine rings is 1. The molecule has 0 saturated carbocycles. The van der Waals surface area contributed by atoms with Gasteiger partial charge in [-0.1, -0.05) is 6.07 Å². The SMILES string of the molecule is COc1ccc(C(=O)O)c(OCc2cccc(C)n2)c1. The number of ether oxygens (including phenoxy) is 2. The average molecular weight is 273 g/mol. The quantitative estimate of drug-likeness (QED) is 0.907. The first kappa shape index (κ1) is 13.9. The van der Waals surface area contributed by atoms with Crippen molar-refractivity contribution < 1.29 is 19.4 Å². The fourth-order valence-electron chi connectivity index (χ4n) is 1.76. The van der Waals surface area contributed by atoms with Gasteiger partial charge in [0.1, 0.15) is 23.7 Å². The van der Waals surface area contributed by atoms with Gasteiger partial charge in [-0.2, -0.15) is 0 Å². The van der Waals surface area contributed by atoms with E-state index in [1.165, 1.54) is 13.2 Å². The molecule has 0 bridgehead atoms. The lowest BCUT2D eigenvalue weighted by molar-refractivity contribution is 0.0691. The minimum Gasteiger partial charge on any atom is -0.497 e. The summed E-state index contributed by atoms with van der Waals surface area (Å²) in [6.07, 6.45) is 0. The smallest absolute Gasteiger partial charge is 0.339 e. The van der Waals surface area contributed by atoms with E-state index in [1.54, 1.807) is 12.1 Å². The summed E-state index contributed by atoms with van der Waals surface area (Å²) in [5, 5.41) is 9.13. The van der Waals surface area contributed by atoms with Gasteiger partial charge in [-0.25, -0.2) is 4.79 Å². The Kier molecular flexibility index (Phi) is 4.20. The van der Waals surface area contributed by atoms with E-state index >= 15 is 0 Å². The molecule has 0 radical (unpaired) electrons. The molecule has 0 spiro atoms. The molecule has 2 rings (SSSR count). The number of carbonyl (C=O) groups is 1. The molecule has 0 unspecified atom stereocenters. The number of carboxylic acids is 1. The minimum absolute atomic E-state index is 0.0958. The predicted molar refractivity (Wildman–Crippen MR) is 73.3 cm³/mol. The van der Waals surface area contributed by atoms with Gasteiger partial charge in [-0.3, -0.25) is 4.98 Å². The highest BCUT2D eigenvalue weighted by Gasteiger charge is 2.12. The first-order valence-electron chi connectivity index (χ1n) is 6.07. The summed E-state index contributed by atoms with van der Waals surface area (Å²) in [5.41, 5.74) is 1.72. The lowest BCUT2D eigenvalue weighted by atomic mass is 10.2. The van der Waals surface area contributed by atoms with Crippen LogP contribution in [0.2, 0.25) is 0 Å². The fraction of sp³-hybridized carbons (Fsp3) is 0.200. The normalized spacial score (nSPS) is 10.1. The molecule has 0 saturated heterocycles. The molecule has 0 aliphatic heterocycles. The summed E-state index contributed by atoms with van der Waals surface area (Å²) in [5.74, 6) is -0.234. The van der Waals surface area contributed by atoms with E-state index in [9.17, 15) is 4.79 Å². The third kappa shape index (κ3) is 3.26. The Morgan fingerprint density at radius 3 is 2.75 bits per heavy atom. The molecule has 1 N–H and O–H groups in total. The monoisotopic (exact) mass is 273 g/mol. The Morgan fingerprint density at radius 2 is 2.10 bits per heavy atom. The first-order chi connectivity index (χ1) is 9.60. The van der Waals surface area contributed by atoms with Crippen molar-refractivity contribution in [2.24, 2.45) is 0 Å². The summed E-state index contributed by atoms with van der Waals surface area (Å²) in [6.45, 7) is 2.09. The first-order valence-corrected chi connectivity index (χ1v) is 6.07. The molecule has 5 heteroatoms. The third-order valence-corrected chi connectivity index (χ3v) is 2.74. The van der Waals surface area contributed by atoms with Crippen molar-refractivity contribution in [2.75, 3.05) is 7.11 Å². The van der Waals surface area contributed by atoms with Crippen LogP contribution in [0, 0.1) is 6.92 Å². The Labute approximate surface area is 116 Å². The number of aryl methyl sites for hydroxylation is 1. The highest BCUT2D eigenvalue weighted by molar-refractivity contribution is 5.91. The second-order valence-electron chi connectivity index (χ2n) is 4.23. The number of aromatic carboxylic acids is 1. The topological polar surface area (TPSA) is 68.7 Å². The van der Waals surface area contributed by atoms with Gasteiger partial charge in [0.05, 0.1) is 12.8 Å². The molecule has 0 fully saturated rings. The number of carboxylic acid groups (broad SMARTS) is 1. The van der Waals surface area contributed by atoms with Gasteiger partial charge in [0.25, 0.3) is 0 Å². The van der Waals surface area contributed by atoms with E-state index in [2.05, 4.69) is 4.98 Å². The maximum atomic E-state index is 11.2. The molecule has 1 aromatic carbocycles. The third-order valence-electron chi connectivity index (χ3n) is 2.74. The Morgan fingerprint density at radius 1 is 1.30 bits per heavy atom. The molecule has 0 atom stereocenters. The van der Waals surface area contributed by atoms with Crippen molar-refractivity contribution >= 4 is 5.97 Å². The van der Waals surface area contributed by atoms with Crippen LogP contribution in [0.4, 0.5) is 0 Å². The van der Waals surface area contributed by atoms with Gasteiger partial charge >= 0.3 is 5.97 Å². The van der Waals surface area contributed by atoms with Crippen molar-refractivity contribution in [3.8, 4) is 11.5 Å². The van der Waals surface area contributed by atoms with Crippen molar-refractivity contribution in [2.45, 2.75) is 13.5 Å². The van der Waals surface area contributed by atoms with Crippen LogP contribution in [0.5, 0.6) is 11.5 Å². The molecular weight excluding hydrogens is 258 g/mol. The minimum atomic E-state index is -1.04. The van der Waals surface area contributed by atoms with E-state index in [-0.39, 0.29) is 17.9 Å². The van der Waals surface area contributed by atoms with Crippen molar-refractivity contribution in [3.63, 3.8) is 0 Å². The molecule has 104 valence electrons. The van der Waals surface area contributed by atoms with Crippen molar-refractivity contribution in [1.82, 2.24) is 4.98 Å². The highest BCUT2D eigenvalue weighted by Crippen LogP contribution is 2.25. The van der Waals surface area contributed by atoms with Gasteiger partial charge in [0, 0.05) is 11.8 Å². The average Bonchev–Trinajstić information content (AvgIpc) is 2.44. The Hall–Kier alpha value is -2.56. The van der Waals surface area contributed by atoms with Crippen LogP contribution in [-0.2, 0) is 6.61 Å². The second kappa shape index (κ2) is 6.06. The van der Waals surface area contributed by atoms with Crippen molar-refractivity contribution in [3.05, 3.63) is 53.3 Å². The van der Waals surface area contributed by atoms with E-state index < -0.39 is 5.97 Å². The predicted octanol–water partition coefficient (Wildman–Crippen LogP) is 2.68. The molecular formula is C15H15NO4. The Bertz CT molecular complexity index is 625. The van der Waals surface area contributed by atoms with Crippen LogP contribution in [0.25, 0.3) is 0 Å². The summed E-state index contributed by atoms with van der Waals surface area (Å²) in [4.78, 5) is 15.5. The lowest BCUT2D eigenvalue weighted by Gasteiger charge is -2.10. The summed E-state index contributed by atoms with van der Waals surface area (Å²) >= 11 is 0. The molecule has 1 aromatic heterocycles. The van der Waals surface area contributed by atoms with Crippen molar-refractivity contribution in [1.29, 1.82) is 0 Å². The number of benzene rings is 1. The molecule has 0 aliphatic rings. The number of hydrogen-bond donors (Lipinski definition) is 1. The highest BCUT2D eigenvalue weighted by atomic mass is 16.5. The summed E-state index contributed by atoms with van der Waals surface area (Å²) in [6, 6.07) is 10.2. The van der Waals surface area contributed by atoms with Crippen LogP contribution >= 0.6 is 0 Å². The molecule has 2 aromatic rings. The van der Waals surface area contributed by atoms with Gasteiger partial charge in [0.15, 0.2) is 0 Å². The van der Waals surface area contributed by atoms with Crippen LogP contribution < -0.4 is 9.47 Å². The molecule has 0 amide bonds. The number of rotatable bonds is 5. The van der Waals surface area contributed by atoms with Gasteiger partial charge < -0.3 is 14.6 Å². The van der Waals surface area contributed by atoms with E-state index in [4.69, 9.17) is 14.6 Å². The summed E-state index contributed by atoms with van der Waals surface area (Å²) < 4.78 is 10.6. The standard InChI is InChI=1S/C15H15NO4/c1-10-4-3-5-11(16-10)9-20-14-8-12(19-2)6-7-13(14)15(17)18/h3-8H,9H2,1-2H3,(H,17,18). The molecule has 5 nitrogen and oxygen atoms in total. The maximum absolute atomic E-state index is 11.2. The lowest BCUT2D eigenvalue weighted by Crippen LogP contribution is -2.05. The number of nitrogens with zero attached hydrogens (tertiary/aromatic N) is 1. The second-order valence-corrected chi connectivity index (χ2v) is 4.23. The molecule has 0 aliphatic carbocycles. The number of methoxy groups -OCH3 is 1. The van der Waals surface area contributed by atoms with Gasteiger partial charge in [-0.15, -0.1) is 0 Å². The zero-order valence-electron chi connectivity index (χ0n) is 11.3. The van der Waals surface area contributed by atoms with E-state index in [1.807, 2.05) is 25.1 Å². The molecule has 1 heterocycles. The zero-order chi connectivity index (χ0) is 14.5. The molecule has 20 heavy (non-hydrogen) atoms. The van der Waals surface area contributed by atoms with E-state index in [0.29, 0.717) is 5.75 Å². The van der Waals surface area contributed by atoms with Crippen LogP contribution in [-0.4, -0.2) is 23.2 Å². The zero-order valence-corrected chi connectivity index (χ0v) is 11.3. The summed E-state index contributed by atoms with van der Waals surface area (Å²) in [7, 11) is 1.52. The van der Waals surface area contributed by atoms with Crippen LogP contribution in [0.1, 0.15) is 21.7 Å². The van der Waals surface area contributed by atoms with E-state index in [0.717, 1.165) is 11.4 Å². The largest absolute Gasteiger partial charge is 0.497 e. The number of hydrogen-bond acceptors (Lipinski definition) is 4. The van der Waals surface area contributed by atoms with Crippen LogP contribution in [0.15, 0.2) is 36.4 Å². The van der Waals surface area contributed by atoms with Crippen LogP contribution in [0.3, 0.4) is 0 Å². The Balaban J connectivity index is 2.21. The number of aromatic nitrogens is 1. The fourth-order valence-corrected chi connectivity index (χ4v) is 1.76. The maximum Gasteiger partial charge on any atom is 0.339 e. The van der Waals surface area contributed by atoms with Gasteiger partial charge in [0.2, 0.25) is 0 Å².